The van der Waals surface area contributed by atoms with Gasteiger partial charge in [0.1, 0.15) is 6.04 Å². The summed E-state index contributed by atoms with van der Waals surface area (Å²) in [7, 11) is 0. The van der Waals surface area contributed by atoms with Gasteiger partial charge in [-0.1, -0.05) is 0 Å². The van der Waals surface area contributed by atoms with Crippen molar-refractivity contribution in [3.8, 4) is 6.07 Å². The summed E-state index contributed by atoms with van der Waals surface area (Å²) in [5, 5.41) is 12.0. The topological polar surface area (TPSA) is 45.0 Å². The van der Waals surface area contributed by atoms with Gasteiger partial charge < -0.3 is 4.74 Å². The number of nitrogens with one attached hydrogen (secondary N) is 1. The lowest BCUT2D eigenvalue weighted by atomic mass is 10.2. The van der Waals surface area contributed by atoms with E-state index < -0.39 is 0 Å². The number of ether oxygens (including phenoxy) is 1. The van der Waals surface area contributed by atoms with E-state index in [0.717, 1.165) is 0 Å². The molecule has 74 valence electrons. The van der Waals surface area contributed by atoms with Crippen LogP contribution in [-0.2, 0) is 4.74 Å². The van der Waals surface area contributed by atoms with Crippen LogP contribution in [0.4, 0.5) is 0 Å². The van der Waals surface area contributed by atoms with Gasteiger partial charge >= 0.3 is 0 Å². The Kier molecular flexibility index (Phi) is 3.29. The third kappa shape index (κ3) is 4.87. The molecule has 1 aliphatic carbocycles. The molecule has 0 heterocycles. The molecule has 0 amide bonds. The monoisotopic (exact) mass is 182 g/mol. The molecule has 1 rings (SSSR count). The van der Waals surface area contributed by atoms with Crippen molar-refractivity contribution in [2.75, 3.05) is 6.61 Å². The molecule has 0 saturated heterocycles. The molecule has 1 aliphatic rings. The van der Waals surface area contributed by atoms with Crippen molar-refractivity contribution in [2.45, 2.75) is 51.3 Å². The molecule has 1 atom stereocenters. The average Bonchev–Trinajstić information content (AvgIpc) is 2.79. The summed E-state index contributed by atoms with van der Waals surface area (Å²) in [6.07, 6.45) is 2.40. The zero-order valence-electron chi connectivity index (χ0n) is 8.63. The first-order valence-electron chi connectivity index (χ1n) is 4.81. The molecule has 1 N–H and O–H groups in total. The van der Waals surface area contributed by atoms with E-state index in [2.05, 4.69) is 11.4 Å². The summed E-state index contributed by atoms with van der Waals surface area (Å²) in [4.78, 5) is 0. The Morgan fingerprint density at radius 2 is 2.15 bits per heavy atom. The van der Waals surface area contributed by atoms with Gasteiger partial charge in [0.15, 0.2) is 0 Å². The van der Waals surface area contributed by atoms with E-state index in [0.29, 0.717) is 12.6 Å². The van der Waals surface area contributed by atoms with Crippen molar-refractivity contribution in [1.82, 2.24) is 5.32 Å². The molecule has 1 fully saturated rings. The van der Waals surface area contributed by atoms with Crippen LogP contribution in [0.1, 0.15) is 33.6 Å². The Balaban J connectivity index is 2.19. The maximum atomic E-state index is 8.81. The second-order valence-corrected chi connectivity index (χ2v) is 4.55. The van der Waals surface area contributed by atoms with Crippen LogP contribution in [0.25, 0.3) is 0 Å². The third-order valence-corrected chi connectivity index (χ3v) is 1.85. The molecule has 0 aromatic carbocycles. The maximum absolute atomic E-state index is 8.81. The molecule has 13 heavy (non-hydrogen) atoms. The average molecular weight is 182 g/mol. The van der Waals surface area contributed by atoms with Gasteiger partial charge in [0.25, 0.3) is 0 Å². The summed E-state index contributed by atoms with van der Waals surface area (Å²) in [5.41, 5.74) is -0.152. The zero-order chi connectivity index (χ0) is 9.90. The molecule has 0 bridgehead atoms. The highest BCUT2D eigenvalue weighted by atomic mass is 16.5. The Labute approximate surface area is 80.1 Å². The first-order valence-corrected chi connectivity index (χ1v) is 4.81. The van der Waals surface area contributed by atoms with E-state index in [4.69, 9.17) is 10.00 Å². The van der Waals surface area contributed by atoms with Crippen LogP contribution in [0.2, 0.25) is 0 Å². The predicted molar refractivity (Wildman–Crippen MR) is 51.3 cm³/mol. The standard InChI is InChI=1S/C10H18N2O/c1-10(2,3)13-7-9(6-11)12-8-4-5-8/h8-9,12H,4-5,7H2,1-3H3. The molecule has 0 aromatic heterocycles. The maximum Gasteiger partial charge on any atom is 0.119 e. The smallest absolute Gasteiger partial charge is 0.119 e. The molecule has 0 aliphatic heterocycles. The van der Waals surface area contributed by atoms with Crippen molar-refractivity contribution in [3.05, 3.63) is 0 Å². The summed E-state index contributed by atoms with van der Waals surface area (Å²) in [6.45, 7) is 6.48. The third-order valence-electron chi connectivity index (χ3n) is 1.85. The van der Waals surface area contributed by atoms with Crippen LogP contribution in [0.15, 0.2) is 0 Å². The molecule has 3 nitrogen and oxygen atoms in total. The molecular weight excluding hydrogens is 164 g/mol. The van der Waals surface area contributed by atoms with Gasteiger partial charge in [-0.2, -0.15) is 5.26 Å². The van der Waals surface area contributed by atoms with Crippen LogP contribution in [0, 0.1) is 11.3 Å². The number of hydrogen-bond donors (Lipinski definition) is 1. The van der Waals surface area contributed by atoms with Crippen LogP contribution in [0.5, 0.6) is 0 Å². The van der Waals surface area contributed by atoms with E-state index in [1.54, 1.807) is 0 Å². The Morgan fingerprint density at radius 3 is 2.54 bits per heavy atom. The van der Waals surface area contributed by atoms with Gasteiger partial charge in [-0.15, -0.1) is 0 Å². The lowest BCUT2D eigenvalue weighted by Gasteiger charge is -2.21. The van der Waals surface area contributed by atoms with E-state index in [-0.39, 0.29) is 11.6 Å². The molecule has 3 heteroatoms. The molecule has 1 unspecified atom stereocenters. The second kappa shape index (κ2) is 4.08. The fourth-order valence-electron chi connectivity index (χ4n) is 0.990. The second-order valence-electron chi connectivity index (χ2n) is 4.55. The minimum atomic E-state index is -0.152. The summed E-state index contributed by atoms with van der Waals surface area (Å²) in [5.74, 6) is 0. The molecule has 0 spiro atoms. The first kappa shape index (κ1) is 10.5. The fraction of sp³-hybridized carbons (Fsp3) is 0.900. The van der Waals surface area contributed by atoms with E-state index >= 15 is 0 Å². The summed E-state index contributed by atoms with van der Waals surface area (Å²) in [6, 6.07) is 2.63. The summed E-state index contributed by atoms with van der Waals surface area (Å²) >= 11 is 0. The molecule has 1 saturated carbocycles. The number of rotatable bonds is 4. The van der Waals surface area contributed by atoms with Gasteiger partial charge in [-0.3, -0.25) is 5.32 Å². The van der Waals surface area contributed by atoms with Gasteiger partial charge in [0.05, 0.1) is 18.3 Å². The zero-order valence-corrected chi connectivity index (χ0v) is 8.63. The first-order chi connectivity index (χ1) is 6.01. The SMILES string of the molecule is CC(C)(C)OCC(C#N)NC1CC1. The van der Waals surface area contributed by atoms with Crippen molar-refractivity contribution >= 4 is 0 Å². The van der Waals surface area contributed by atoms with Gasteiger partial charge in [-0.05, 0) is 33.6 Å². The Hall–Kier alpha value is -0.590. The van der Waals surface area contributed by atoms with Crippen LogP contribution < -0.4 is 5.32 Å². The van der Waals surface area contributed by atoms with Crippen LogP contribution in [-0.4, -0.2) is 24.3 Å². The molecule has 0 aromatic rings. The van der Waals surface area contributed by atoms with E-state index in [1.165, 1.54) is 12.8 Å². The Bertz CT molecular complexity index is 198. The minimum absolute atomic E-state index is 0.147. The van der Waals surface area contributed by atoms with E-state index in [9.17, 15) is 0 Å². The predicted octanol–water partition coefficient (Wildman–Crippen LogP) is 1.45. The highest BCUT2D eigenvalue weighted by Crippen LogP contribution is 2.19. The normalized spacial score (nSPS) is 19.5. The molecular formula is C10H18N2O. The van der Waals surface area contributed by atoms with Crippen LogP contribution in [0.3, 0.4) is 0 Å². The van der Waals surface area contributed by atoms with Crippen LogP contribution >= 0.6 is 0 Å². The fourth-order valence-corrected chi connectivity index (χ4v) is 0.990. The van der Waals surface area contributed by atoms with Crippen molar-refractivity contribution in [1.29, 1.82) is 5.26 Å². The van der Waals surface area contributed by atoms with Gasteiger partial charge in [-0.25, -0.2) is 0 Å². The Morgan fingerprint density at radius 1 is 1.54 bits per heavy atom. The highest BCUT2D eigenvalue weighted by Gasteiger charge is 2.25. The highest BCUT2D eigenvalue weighted by molar-refractivity contribution is 4.95. The number of nitrogens with zero attached hydrogens (tertiary/aromatic N) is 1. The summed E-state index contributed by atoms with van der Waals surface area (Å²) < 4.78 is 5.53. The number of nitriles is 1. The van der Waals surface area contributed by atoms with E-state index in [1.807, 2.05) is 20.8 Å². The number of hydrogen-bond acceptors (Lipinski definition) is 3. The lowest BCUT2D eigenvalue weighted by molar-refractivity contribution is -0.00829. The molecule has 0 radical (unpaired) electrons. The lowest BCUT2D eigenvalue weighted by Crippen LogP contribution is -2.36. The van der Waals surface area contributed by atoms with Crippen molar-refractivity contribution in [3.63, 3.8) is 0 Å². The quantitative estimate of drug-likeness (QED) is 0.715. The van der Waals surface area contributed by atoms with Gasteiger partial charge in [0, 0.05) is 6.04 Å². The van der Waals surface area contributed by atoms with Crippen molar-refractivity contribution in [2.24, 2.45) is 0 Å². The minimum Gasteiger partial charge on any atom is -0.373 e. The van der Waals surface area contributed by atoms with Crippen molar-refractivity contribution < 1.29 is 4.74 Å². The van der Waals surface area contributed by atoms with Gasteiger partial charge in [0.2, 0.25) is 0 Å². The largest absolute Gasteiger partial charge is 0.373 e.